The van der Waals surface area contributed by atoms with Gasteiger partial charge in [-0.15, -0.1) is 0 Å². The van der Waals surface area contributed by atoms with Gasteiger partial charge in [0.2, 0.25) is 0 Å². The Morgan fingerprint density at radius 1 is 1.25 bits per heavy atom. The van der Waals surface area contributed by atoms with Gasteiger partial charge >= 0.3 is 0 Å². The van der Waals surface area contributed by atoms with Gasteiger partial charge in [-0.1, -0.05) is 30.3 Å². The van der Waals surface area contributed by atoms with Crippen LogP contribution in [0.4, 0.5) is 0 Å². The first-order valence-corrected chi connectivity index (χ1v) is 5.68. The summed E-state index contributed by atoms with van der Waals surface area (Å²) in [6, 6.07) is 9.79. The quantitative estimate of drug-likeness (QED) is 0.776. The van der Waals surface area contributed by atoms with E-state index in [1.54, 1.807) is 0 Å². The third-order valence-corrected chi connectivity index (χ3v) is 3.33. The second kappa shape index (κ2) is 4.76. The van der Waals surface area contributed by atoms with Gasteiger partial charge in [-0.3, -0.25) is 4.90 Å². The van der Waals surface area contributed by atoms with Gasteiger partial charge in [-0.25, -0.2) is 0 Å². The van der Waals surface area contributed by atoms with E-state index in [1.807, 2.05) is 30.3 Å². The average Bonchev–Trinajstić information content (AvgIpc) is 2.34. The first kappa shape index (κ1) is 11.3. The minimum absolute atomic E-state index is 0.477. The molecule has 0 unspecified atom stereocenters. The lowest BCUT2D eigenvalue weighted by Gasteiger charge is -2.37. The number of carbonyl (C=O) groups is 1. The molecule has 1 N–H and O–H groups in total. The Labute approximate surface area is 95.7 Å². The number of aldehydes is 1. The fourth-order valence-corrected chi connectivity index (χ4v) is 2.25. The normalized spacial score (nSPS) is 20.6. The smallest absolute Gasteiger partial charge is 0.133 e. The highest BCUT2D eigenvalue weighted by molar-refractivity contribution is 5.52. The summed E-state index contributed by atoms with van der Waals surface area (Å²) in [6.45, 7) is 2.04. The highest BCUT2D eigenvalue weighted by Crippen LogP contribution is 2.32. The summed E-state index contributed by atoms with van der Waals surface area (Å²) in [5.41, 5.74) is 0.279. The van der Waals surface area contributed by atoms with Crippen molar-refractivity contribution in [3.8, 4) is 0 Å². The molecule has 0 radical (unpaired) electrons. The van der Waals surface area contributed by atoms with Crippen molar-refractivity contribution in [3.63, 3.8) is 0 Å². The summed E-state index contributed by atoms with van der Waals surface area (Å²) in [5, 5.41) is 10.5. The summed E-state index contributed by atoms with van der Waals surface area (Å²) in [4.78, 5) is 12.5. The molecule has 1 heterocycles. The van der Waals surface area contributed by atoms with Crippen LogP contribution in [-0.4, -0.2) is 35.9 Å². The van der Waals surface area contributed by atoms with Crippen molar-refractivity contribution >= 4 is 6.29 Å². The number of nitrogens with zero attached hydrogens (tertiary/aromatic N) is 1. The van der Waals surface area contributed by atoms with E-state index < -0.39 is 5.60 Å². The Morgan fingerprint density at radius 3 is 2.44 bits per heavy atom. The second-order valence-electron chi connectivity index (χ2n) is 4.36. The minimum Gasteiger partial charge on any atom is -0.385 e. The maximum atomic E-state index is 10.5. The largest absolute Gasteiger partial charge is 0.385 e. The molecule has 1 aromatic rings. The molecule has 3 heteroatoms. The zero-order chi connectivity index (χ0) is 11.4. The van der Waals surface area contributed by atoms with E-state index >= 15 is 0 Å². The van der Waals surface area contributed by atoms with Gasteiger partial charge in [0.15, 0.2) is 0 Å². The molecule has 0 bridgehead atoms. The summed E-state index contributed by atoms with van der Waals surface area (Å²) >= 11 is 0. The van der Waals surface area contributed by atoms with E-state index in [1.165, 1.54) is 0 Å². The van der Waals surface area contributed by atoms with Crippen molar-refractivity contribution in [3.05, 3.63) is 35.9 Å². The fraction of sp³-hybridized carbons (Fsp3) is 0.462. The van der Waals surface area contributed by atoms with Crippen LogP contribution in [0.5, 0.6) is 0 Å². The molecular formula is C13H17NO2. The maximum absolute atomic E-state index is 10.5. The second-order valence-corrected chi connectivity index (χ2v) is 4.36. The molecule has 0 aliphatic carbocycles. The van der Waals surface area contributed by atoms with Crippen molar-refractivity contribution < 1.29 is 9.90 Å². The van der Waals surface area contributed by atoms with Crippen molar-refractivity contribution in [2.45, 2.75) is 18.4 Å². The Hall–Kier alpha value is -1.19. The number of rotatable bonds is 3. The lowest BCUT2D eigenvalue weighted by Crippen LogP contribution is -2.43. The number of carbonyl (C=O) groups excluding carboxylic acids is 1. The van der Waals surface area contributed by atoms with E-state index in [0.717, 1.165) is 24.9 Å². The van der Waals surface area contributed by atoms with E-state index in [2.05, 4.69) is 4.90 Å². The molecule has 1 aliphatic rings. The van der Waals surface area contributed by atoms with Crippen molar-refractivity contribution in [1.82, 2.24) is 4.90 Å². The fourth-order valence-electron chi connectivity index (χ4n) is 2.25. The maximum Gasteiger partial charge on any atom is 0.133 e. The Kier molecular flexibility index (Phi) is 3.36. The number of likely N-dealkylation sites (tertiary alicyclic amines) is 1. The molecule has 1 aromatic carbocycles. The Bertz CT molecular complexity index is 342. The van der Waals surface area contributed by atoms with Crippen molar-refractivity contribution in [2.24, 2.45) is 0 Å². The molecule has 0 saturated carbocycles. The first-order chi connectivity index (χ1) is 7.74. The molecule has 1 fully saturated rings. The predicted molar refractivity (Wildman–Crippen MR) is 62.1 cm³/mol. The number of hydrogen-bond acceptors (Lipinski definition) is 3. The predicted octanol–water partition coefficient (Wildman–Crippen LogP) is 1.17. The highest BCUT2D eigenvalue weighted by atomic mass is 16.3. The van der Waals surface area contributed by atoms with Gasteiger partial charge in [0.25, 0.3) is 0 Å². The summed E-state index contributed by atoms with van der Waals surface area (Å²) in [7, 11) is 0. The van der Waals surface area contributed by atoms with Crippen LogP contribution in [0, 0.1) is 0 Å². The molecule has 0 spiro atoms. The zero-order valence-corrected chi connectivity index (χ0v) is 9.30. The molecule has 0 atom stereocenters. The highest BCUT2D eigenvalue weighted by Gasteiger charge is 2.33. The van der Waals surface area contributed by atoms with Gasteiger partial charge < -0.3 is 9.90 Å². The zero-order valence-electron chi connectivity index (χ0n) is 9.30. The van der Waals surface area contributed by atoms with Crippen LogP contribution in [-0.2, 0) is 10.4 Å². The van der Waals surface area contributed by atoms with Gasteiger partial charge in [-0.05, 0) is 18.4 Å². The number of aliphatic hydroxyl groups is 1. The van der Waals surface area contributed by atoms with Crippen LogP contribution < -0.4 is 0 Å². The average molecular weight is 219 g/mol. The van der Waals surface area contributed by atoms with Gasteiger partial charge in [0.05, 0.1) is 12.1 Å². The minimum atomic E-state index is -0.708. The SMILES string of the molecule is O=CCN1CCC(O)(c2ccccc2)CC1. The van der Waals surface area contributed by atoms with Crippen LogP contribution in [0.1, 0.15) is 18.4 Å². The van der Waals surface area contributed by atoms with E-state index in [0.29, 0.717) is 19.4 Å². The molecule has 2 rings (SSSR count). The van der Waals surface area contributed by atoms with Gasteiger partial charge in [0.1, 0.15) is 6.29 Å². The van der Waals surface area contributed by atoms with E-state index in [9.17, 15) is 9.90 Å². The van der Waals surface area contributed by atoms with E-state index in [-0.39, 0.29) is 0 Å². The molecule has 0 aromatic heterocycles. The van der Waals surface area contributed by atoms with Gasteiger partial charge in [0, 0.05) is 13.1 Å². The van der Waals surface area contributed by atoms with Crippen LogP contribution in [0.15, 0.2) is 30.3 Å². The van der Waals surface area contributed by atoms with Crippen LogP contribution in [0.3, 0.4) is 0 Å². The molecule has 86 valence electrons. The standard InChI is InChI=1S/C13H17NO2/c15-11-10-14-8-6-13(16,7-9-14)12-4-2-1-3-5-12/h1-5,11,16H,6-10H2. The lowest BCUT2D eigenvalue weighted by molar-refractivity contribution is -0.110. The number of piperidine rings is 1. The molecule has 3 nitrogen and oxygen atoms in total. The monoisotopic (exact) mass is 219 g/mol. The number of hydrogen-bond donors (Lipinski definition) is 1. The molecule has 0 amide bonds. The summed E-state index contributed by atoms with van der Waals surface area (Å²) in [6.07, 6.45) is 2.32. The number of benzene rings is 1. The third-order valence-electron chi connectivity index (χ3n) is 3.33. The lowest BCUT2D eigenvalue weighted by atomic mass is 9.84. The van der Waals surface area contributed by atoms with Crippen LogP contribution in [0.2, 0.25) is 0 Å². The molecular weight excluding hydrogens is 202 g/mol. The van der Waals surface area contributed by atoms with Gasteiger partial charge in [-0.2, -0.15) is 0 Å². The molecule has 1 aliphatic heterocycles. The van der Waals surface area contributed by atoms with Crippen molar-refractivity contribution in [2.75, 3.05) is 19.6 Å². The molecule has 16 heavy (non-hydrogen) atoms. The summed E-state index contributed by atoms with van der Waals surface area (Å²) in [5.74, 6) is 0. The topological polar surface area (TPSA) is 40.5 Å². The Morgan fingerprint density at radius 2 is 1.88 bits per heavy atom. The third kappa shape index (κ3) is 2.31. The Balaban J connectivity index is 2.04. The van der Waals surface area contributed by atoms with E-state index in [4.69, 9.17) is 0 Å². The van der Waals surface area contributed by atoms with Crippen LogP contribution in [0.25, 0.3) is 0 Å². The summed E-state index contributed by atoms with van der Waals surface area (Å²) < 4.78 is 0. The first-order valence-electron chi connectivity index (χ1n) is 5.68. The van der Waals surface area contributed by atoms with Crippen molar-refractivity contribution in [1.29, 1.82) is 0 Å². The molecule has 1 saturated heterocycles. The van der Waals surface area contributed by atoms with Crippen LogP contribution >= 0.6 is 0 Å².